The summed E-state index contributed by atoms with van der Waals surface area (Å²) in [6.07, 6.45) is 6.11. The SMILES string of the molecule is CCC1CCC(N)(Cc2cc(Cl)ccc2F)CC1. The first-order valence-electron chi connectivity index (χ1n) is 6.75. The zero-order valence-electron chi connectivity index (χ0n) is 10.9. The molecule has 0 saturated heterocycles. The first kappa shape index (κ1) is 13.8. The fraction of sp³-hybridized carbons (Fsp3) is 0.600. The van der Waals surface area contributed by atoms with Gasteiger partial charge in [0, 0.05) is 10.6 Å². The van der Waals surface area contributed by atoms with E-state index in [4.69, 9.17) is 17.3 Å². The third-order valence-corrected chi connectivity index (χ3v) is 4.46. The highest BCUT2D eigenvalue weighted by molar-refractivity contribution is 6.30. The highest BCUT2D eigenvalue weighted by Crippen LogP contribution is 2.34. The van der Waals surface area contributed by atoms with Gasteiger partial charge in [0.05, 0.1) is 0 Å². The molecule has 3 heteroatoms. The Morgan fingerprint density at radius 1 is 1.39 bits per heavy atom. The van der Waals surface area contributed by atoms with Crippen molar-refractivity contribution in [1.82, 2.24) is 0 Å². The van der Waals surface area contributed by atoms with Gasteiger partial charge in [-0.2, -0.15) is 0 Å². The second kappa shape index (κ2) is 5.58. The number of hydrogen-bond acceptors (Lipinski definition) is 1. The van der Waals surface area contributed by atoms with Crippen LogP contribution in [-0.2, 0) is 6.42 Å². The maximum absolute atomic E-state index is 13.7. The molecule has 18 heavy (non-hydrogen) atoms. The van der Waals surface area contributed by atoms with Crippen molar-refractivity contribution in [2.75, 3.05) is 0 Å². The smallest absolute Gasteiger partial charge is 0.126 e. The van der Waals surface area contributed by atoms with Gasteiger partial charge in [-0.25, -0.2) is 4.39 Å². The van der Waals surface area contributed by atoms with Crippen molar-refractivity contribution in [3.8, 4) is 0 Å². The molecule has 1 nitrogen and oxygen atoms in total. The first-order valence-corrected chi connectivity index (χ1v) is 7.13. The maximum atomic E-state index is 13.7. The van der Waals surface area contributed by atoms with Crippen molar-refractivity contribution >= 4 is 11.6 Å². The summed E-state index contributed by atoms with van der Waals surface area (Å²) in [4.78, 5) is 0. The van der Waals surface area contributed by atoms with Crippen molar-refractivity contribution in [1.29, 1.82) is 0 Å². The predicted molar refractivity (Wildman–Crippen MR) is 74.3 cm³/mol. The van der Waals surface area contributed by atoms with Crippen LogP contribution in [0.15, 0.2) is 18.2 Å². The van der Waals surface area contributed by atoms with E-state index in [0.717, 1.165) is 31.6 Å². The summed E-state index contributed by atoms with van der Waals surface area (Å²) >= 11 is 5.92. The van der Waals surface area contributed by atoms with E-state index in [0.29, 0.717) is 17.0 Å². The van der Waals surface area contributed by atoms with Gasteiger partial charge in [0.2, 0.25) is 0 Å². The van der Waals surface area contributed by atoms with Gasteiger partial charge in [-0.15, -0.1) is 0 Å². The average molecular weight is 270 g/mol. The number of rotatable bonds is 3. The molecule has 0 aromatic heterocycles. The molecular weight excluding hydrogens is 249 g/mol. The Kier molecular flexibility index (Phi) is 4.29. The zero-order chi connectivity index (χ0) is 13.2. The van der Waals surface area contributed by atoms with Gasteiger partial charge in [0.1, 0.15) is 5.82 Å². The summed E-state index contributed by atoms with van der Waals surface area (Å²) in [7, 11) is 0. The molecule has 0 aliphatic heterocycles. The number of benzene rings is 1. The number of hydrogen-bond donors (Lipinski definition) is 1. The second-order valence-corrected chi connectivity index (χ2v) is 6.06. The Morgan fingerprint density at radius 2 is 2.06 bits per heavy atom. The van der Waals surface area contributed by atoms with E-state index in [1.807, 2.05) is 0 Å². The highest BCUT2D eigenvalue weighted by atomic mass is 35.5. The Morgan fingerprint density at radius 3 is 2.67 bits per heavy atom. The van der Waals surface area contributed by atoms with Crippen molar-refractivity contribution in [3.63, 3.8) is 0 Å². The Bertz CT molecular complexity index is 411. The molecule has 1 aliphatic rings. The van der Waals surface area contributed by atoms with Crippen molar-refractivity contribution in [3.05, 3.63) is 34.6 Å². The molecular formula is C15H21ClFN. The highest BCUT2D eigenvalue weighted by Gasteiger charge is 2.31. The van der Waals surface area contributed by atoms with E-state index >= 15 is 0 Å². The topological polar surface area (TPSA) is 26.0 Å². The largest absolute Gasteiger partial charge is 0.325 e. The quantitative estimate of drug-likeness (QED) is 0.869. The Labute approximate surface area is 114 Å². The number of nitrogens with two attached hydrogens (primary N) is 1. The van der Waals surface area contributed by atoms with Gasteiger partial charge in [-0.3, -0.25) is 0 Å². The van der Waals surface area contributed by atoms with Crippen molar-refractivity contribution < 1.29 is 4.39 Å². The maximum Gasteiger partial charge on any atom is 0.126 e. The van der Waals surface area contributed by atoms with Gasteiger partial charge in [0.15, 0.2) is 0 Å². The van der Waals surface area contributed by atoms with E-state index in [1.165, 1.54) is 12.5 Å². The number of halogens is 2. The Hall–Kier alpha value is -0.600. The molecule has 1 aromatic carbocycles. The average Bonchev–Trinajstić information content (AvgIpc) is 2.35. The van der Waals surface area contributed by atoms with Crippen LogP contribution in [0.25, 0.3) is 0 Å². The van der Waals surface area contributed by atoms with E-state index in [2.05, 4.69) is 6.92 Å². The van der Waals surface area contributed by atoms with Crippen LogP contribution in [-0.4, -0.2) is 5.54 Å². The molecule has 1 aliphatic carbocycles. The molecule has 1 fully saturated rings. The van der Waals surface area contributed by atoms with Crippen LogP contribution in [0.1, 0.15) is 44.6 Å². The van der Waals surface area contributed by atoms with Crippen LogP contribution < -0.4 is 5.73 Å². The zero-order valence-corrected chi connectivity index (χ0v) is 11.6. The van der Waals surface area contributed by atoms with Gasteiger partial charge < -0.3 is 5.73 Å². The Balaban J connectivity index is 2.06. The normalized spacial score (nSPS) is 28.3. The lowest BCUT2D eigenvalue weighted by Crippen LogP contribution is -2.45. The van der Waals surface area contributed by atoms with Crippen LogP contribution in [0.2, 0.25) is 5.02 Å². The van der Waals surface area contributed by atoms with E-state index in [1.54, 1.807) is 12.1 Å². The monoisotopic (exact) mass is 269 g/mol. The molecule has 2 rings (SSSR count). The lowest BCUT2D eigenvalue weighted by atomic mass is 9.73. The summed E-state index contributed by atoms with van der Waals surface area (Å²) in [5.74, 6) is 0.604. The van der Waals surface area contributed by atoms with Gasteiger partial charge in [-0.05, 0) is 61.8 Å². The molecule has 0 amide bonds. The van der Waals surface area contributed by atoms with Crippen molar-refractivity contribution in [2.24, 2.45) is 11.7 Å². The predicted octanol–water partition coefficient (Wildman–Crippen LogP) is 4.32. The third kappa shape index (κ3) is 3.24. The molecule has 0 radical (unpaired) electrons. The van der Waals surface area contributed by atoms with Crippen molar-refractivity contribution in [2.45, 2.75) is 51.0 Å². The summed E-state index contributed by atoms with van der Waals surface area (Å²) < 4.78 is 13.7. The van der Waals surface area contributed by atoms with Crippen LogP contribution in [0, 0.1) is 11.7 Å². The van der Waals surface area contributed by atoms with E-state index < -0.39 is 0 Å². The molecule has 2 N–H and O–H groups in total. The minimum absolute atomic E-state index is 0.193. The lowest BCUT2D eigenvalue weighted by Gasteiger charge is -2.37. The molecule has 0 spiro atoms. The molecule has 0 heterocycles. The molecule has 100 valence electrons. The van der Waals surface area contributed by atoms with Crippen LogP contribution in [0.3, 0.4) is 0 Å². The molecule has 0 atom stereocenters. The lowest BCUT2D eigenvalue weighted by molar-refractivity contribution is 0.227. The summed E-state index contributed by atoms with van der Waals surface area (Å²) in [5, 5.41) is 0.581. The standard InChI is InChI=1S/C15H21ClFN/c1-2-11-5-7-15(18,8-6-11)10-12-9-13(16)3-4-14(12)17/h3-4,9,11H,2,5-8,10,18H2,1H3. The summed E-state index contributed by atoms with van der Waals surface area (Å²) in [6, 6.07) is 4.72. The molecule has 1 saturated carbocycles. The minimum Gasteiger partial charge on any atom is -0.325 e. The van der Waals surface area contributed by atoms with Crippen LogP contribution >= 0.6 is 11.6 Å². The van der Waals surface area contributed by atoms with Crippen LogP contribution in [0.5, 0.6) is 0 Å². The van der Waals surface area contributed by atoms with E-state index in [9.17, 15) is 4.39 Å². The third-order valence-electron chi connectivity index (χ3n) is 4.23. The summed E-state index contributed by atoms with van der Waals surface area (Å²) in [5.41, 5.74) is 6.82. The fourth-order valence-corrected chi connectivity index (χ4v) is 3.09. The fourth-order valence-electron chi connectivity index (χ4n) is 2.90. The van der Waals surface area contributed by atoms with E-state index in [-0.39, 0.29) is 11.4 Å². The summed E-state index contributed by atoms with van der Waals surface area (Å²) in [6.45, 7) is 2.23. The van der Waals surface area contributed by atoms with Gasteiger partial charge >= 0.3 is 0 Å². The first-order chi connectivity index (χ1) is 8.52. The van der Waals surface area contributed by atoms with Crippen LogP contribution in [0.4, 0.5) is 4.39 Å². The molecule has 0 bridgehead atoms. The van der Waals surface area contributed by atoms with Gasteiger partial charge in [0.25, 0.3) is 0 Å². The molecule has 1 aromatic rings. The van der Waals surface area contributed by atoms with Gasteiger partial charge in [-0.1, -0.05) is 24.9 Å². The minimum atomic E-state index is -0.253. The molecule has 0 unspecified atom stereocenters. The second-order valence-electron chi connectivity index (χ2n) is 5.63.